The largest absolute Gasteiger partial charge is 0.487 e. The minimum Gasteiger partial charge on any atom is -0.487 e. The summed E-state index contributed by atoms with van der Waals surface area (Å²) in [5.41, 5.74) is 3.44. The number of aliphatic hydroxyl groups is 1. The third-order valence-electron chi connectivity index (χ3n) is 9.44. The van der Waals surface area contributed by atoms with Crippen LogP contribution in [0.4, 0.5) is 5.69 Å². The molecule has 9 nitrogen and oxygen atoms in total. The van der Waals surface area contributed by atoms with Gasteiger partial charge in [0.15, 0.2) is 5.60 Å². The van der Waals surface area contributed by atoms with Crippen LogP contribution < -0.4 is 15.1 Å². The summed E-state index contributed by atoms with van der Waals surface area (Å²) in [7, 11) is 4.74. The van der Waals surface area contributed by atoms with Gasteiger partial charge in [-0.1, -0.05) is 35.9 Å². The molecule has 10 heteroatoms. The summed E-state index contributed by atoms with van der Waals surface area (Å²) in [5, 5.41) is 12.7. The van der Waals surface area contributed by atoms with Crippen molar-refractivity contribution in [3.05, 3.63) is 70.3 Å². The molecule has 238 valence electrons. The van der Waals surface area contributed by atoms with Crippen LogP contribution in [0, 0.1) is 11.8 Å². The van der Waals surface area contributed by atoms with Gasteiger partial charge in [-0.2, -0.15) is 0 Å². The van der Waals surface area contributed by atoms with Gasteiger partial charge >= 0.3 is 0 Å². The van der Waals surface area contributed by atoms with Gasteiger partial charge in [-0.05, 0) is 91.3 Å². The van der Waals surface area contributed by atoms with Crippen molar-refractivity contribution < 1.29 is 29.0 Å². The topological polar surface area (TPSA) is 101 Å². The van der Waals surface area contributed by atoms with E-state index in [0.29, 0.717) is 47.7 Å². The smallest absolute Gasteiger partial charge is 0.280 e. The zero-order valence-corrected chi connectivity index (χ0v) is 26.6. The van der Waals surface area contributed by atoms with E-state index in [1.165, 1.54) is 12.7 Å². The van der Waals surface area contributed by atoms with Crippen LogP contribution in [0.1, 0.15) is 55.2 Å². The first-order valence-corrected chi connectivity index (χ1v) is 15.9. The number of carbonyl (C=O) groups is 2. The van der Waals surface area contributed by atoms with Crippen molar-refractivity contribution in [2.75, 3.05) is 45.8 Å². The quantitative estimate of drug-likeness (QED) is 0.374. The molecule has 2 aromatic rings. The molecular formula is C34H44ClN3O6. The Kier molecular flexibility index (Phi) is 10.5. The van der Waals surface area contributed by atoms with Crippen molar-refractivity contribution in [3.63, 3.8) is 0 Å². The molecule has 4 atom stereocenters. The van der Waals surface area contributed by atoms with Gasteiger partial charge in [0.2, 0.25) is 5.91 Å². The molecular weight excluding hydrogens is 582 g/mol. The standard InChI is InChI=1S/C34H44ClN3O6/c1-37-16-6-5-9-30(42-2)28-14-11-24(28)21-38-17-7-4-8-23-18-27(35)13-10-25(23)22-44-31-15-12-26(19-29(31)38)34(41,20-32(37)39)33(40)36-43-3/h5,9-10,12-13,15,18-19,24,28,30,41H,4,6-8,11,14,16-17,20-22H2,1-3H3,(H,36,40)/b9-5+/t24-,28+,30-,34+/m0/s1. The zero-order chi connectivity index (χ0) is 31.3. The number of nitrogens with one attached hydrogen (secondary N) is 1. The number of hydrogen-bond acceptors (Lipinski definition) is 7. The fraction of sp³-hybridized carbons (Fsp3) is 0.529. The SMILES string of the molecule is CONC(=O)[C@@]1(O)CC(=O)N(C)CC/C=C/[C@H](OC)[C@@H]2CC[C@H]2CN2CCCCc3cc(Cl)ccc3COc3ccc1cc32. The van der Waals surface area contributed by atoms with Gasteiger partial charge in [0, 0.05) is 38.8 Å². The Morgan fingerprint density at radius 3 is 2.70 bits per heavy atom. The molecule has 0 radical (unpaired) electrons. The second-order valence-corrected chi connectivity index (χ2v) is 12.6. The first-order chi connectivity index (χ1) is 21.2. The predicted octanol–water partition coefficient (Wildman–Crippen LogP) is 4.78. The molecule has 0 unspecified atom stereocenters. The number of benzene rings is 2. The molecule has 2 amide bonds. The van der Waals surface area contributed by atoms with E-state index in [1.807, 2.05) is 24.3 Å². The number of ether oxygens (including phenoxy) is 2. The lowest BCUT2D eigenvalue weighted by atomic mass is 9.70. The van der Waals surface area contributed by atoms with Crippen molar-refractivity contribution in [1.82, 2.24) is 10.4 Å². The molecule has 1 aliphatic carbocycles. The normalized spacial score (nSPS) is 27.1. The highest BCUT2D eigenvalue weighted by molar-refractivity contribution is 6.30. The molecule has 2 N–H and O–H groups in total. The van der Waals surface area contributed by atoms with Gasteiger partial charge in [-0.15, -0.1) is 0 Å². The number of rotatable bonds is 3. The van der Waals surface area contributed by atoms with Crippen LogP contribution in [0.25, 0.3) is 0 Å². The number of amides is 2. The summed E-state index contributed by atoms with van der Waals surface area (Å²) in [6.45, 7) is 2.34. The van der Waals surface area contributed by atoms with Gasteiger partial charge in [0.1, 0.15) is 12.4 Å². The van der Waals surface area contributed by atoms with E-state index in [1.54, 1.807) is 31.2 Å². The molecule has 2 heterocycles. The van der Waals surface area contributed by atoms with Crippen molar-refractivity contribution in [3.8, 4) is 5.75 Å². The Bertz CT molecular complexity index is 1370. The van der Waals surface area contributed by atoms with Crippen molar-refractivity contribution in [2.45, 2.75) is 63.3 Å². The number of hydroxylamine groups is 1. The Morgan fingerprint density at radius 1 is 1.11 bits per heavy atom. The summed E-state index contributed by atoms with van der Waals surface area (Å²) in [6, 6.07) is 11.2. The molecule has 2 aromatic carbocycles. The Morgan fingerprint density at radius 2 is 1.95 bits per heavy atom. The average molecular weight is 626 g/mol. The molecule has 1 saturated carbocycles. The average Bonchev–Trinajstić information content (AvgIpc) is 3.03. The maximum Gasteiger partial charge on any atom is 0.280 e. The number of aryl methyl sites for hydroxylation is 1. The zero-order valence-electron chi connectivity index (χ0n) is 25.9. The lowest BCUT2D eigenvalue weighted by Gasteiger charge is -2.43. The van der Waals surface area contributed by atoms with Crippen molar-refractivity contribution >= 4 is 29.1 Å². The second-order valence-electron chi connectivity index (χ2n) is 12.2. The highest BCUT2D eigenvalue weighted by Crippen LogP contribution is 2.42. The van der Waals surface area contributed by atoms with Gasteiger partial charge in [0.05, 0.1) is 25.3 Å². The van der Waals surface area contributed by atoms with E-state index in [9.17, 15) is 14.7 Å². The van der Waals surface area contributed by atoms with E-state index in [2.05, 4.69) is 22.5 Å². The molecule has 1 fully saturated rings. The van der Waals surface area contributed by atoms with Crippen LogP contribution in [0.15, 0.2) is 48.6 Å². The highest BCUT2D eigenvalue weighted by atomic mass is 35.5. The molecule has 3 aliphatic rings. The van der Waals surface area contributed by atoms with Crippen LogP contribution in [-0.4, -0.2) is 68.8 Å². The lowest BCUT2D eigenvalue weighted by molar-refractivity contribution is -0.158. The van der Waals surface area contributed by atoms with E-state index < -0.39 is 17.9 Å². The fourth-order valence-electron chi connectivity index (χ4n) is 6.60. The number of fused-ring (bicyclic) bond motifs is 3. The first-order valence-electron chi connectivity index (χ1n) is 15.5. The predicted molar refractivity (Wildman–Crippen MR) is 169 cm³/mol. The summed E-state index contributed by atoms with van der Waals surface area (Å²) in [4.78, 5) is 35.5. The van der Waals surface area contributed by atoms with E-state index in [4.69, 9.17) is 25.9 Å². The maximum atomic E-state index is 13.4. The third-order valence-corrected chi connectivity index (χ3v) is 9.67. The minimum absolute atomic E-state index is 0.00395. The molecule has 2 aliphatic heterocycles. The molecule has 0 saturated heterocycles. The van der Waals surface area contributed by atoms with E-state index in [-0.39, 0.29) is 12.0 Å². The second kappa shape index (κ2) is 14.3. The summed E-state index contributed by atoms with van der Waals surface area (Å²) in [6.07, 6.45) is 9.33. The summed E-state index contributed by atoms with van der Waals surface area (Å²) >= 11 is 6.34. The Labute approximate surface area is 265 Å². The number of halogens is 1. The van der Waals surface area contributed by atoms with Crippen molar-refractivity contribution in [2.24, 2.45) is 11.8 Å². The van der Waals surface area contributed by atoms with Gasteiger partial charge in [-0.3, -0.25) is 14.4 Å². The van der Waals surface area contributed by atoms with Crippen LogP contribution in [0.5, 0.6) is 5.75 Å². The summed E-state index contributed by atoms with van der Waals surface area (Å²) in [5.74, 6) is 0.246. The molecule has 0 aromatic heterocycles. The van der Waals surface area contributed by atoms with Crippen LogP contribution in [0.2, 0.25) is 5.02 Å². The van der Waals surface area contributed by atoms with Crippen molar-refractivity contribution in [1.29, 1.82) is 0 Å². The minimum atomic E-state index is -2.16. The Hall–Kier alpha value is -3.11. The molecule has 44 heavy (non-hydrogen) atoms. The lowest BCUT2D eigenvalue weighted by Crippen LogP contribution is -2.48. The van der Waals surface area contributed by atoms with E-state index >= 15 is 0 Å². The van der Waals surface area contributed by atoms with E-state index in [0.717, 1.165) is 56.4 Å². The van der Waals surface area contributed by atoms with Crippen LogP contribution in [-0.2, 0) is 37.8 Å². The molecule has 5 rings (SSSR count). The van der Waals surface area contributed by atoms with Crippen LogP contribution >= 0.6 is 11.6 Å². The number of nitrogens with zero attached hydrogens (tertiary/aromatic N) is 2. The number of anilines is 1. The summed E-state index contributed by atoms with van der Waals surface area (Å²) < 4.78 is 12.4. The monoisotopic (exact) mass is 625 g/mol. The molecule has 0 spiro atoms. The number of methoxy groups -OCH3 is 1. The first kappa shape index (κ1) is 32.3. The van der Waals surface area contributed by atoms with Crippen LogP contribution in [0.3, 0.4) is 0 Å². The van der Waals surface area contributed by atoms with Gasteiger partial charge in [0.25, 0.3) is 5.91 Å². The number of carbonyl (C=O) groups excluding carboxylic acids is 2. The van der Waals surface area contributed by atoms with Gasteiger partial charge in [-0.25, -0.2) is 5.48 Å². The van der Waals surface area contributed by atoms with Gasteiger partial charge < -0.3 is 24.4 Å². The number of hydrogen-bond donors (Lipinski definition) is 2. The third kappa shape index (κ3) is 7.07. The molecule has 2 bridgehead atoms. The maximum absolute atomic E-state index is 13.4. The fourth-order valence-corrected chi connectivity index (χ4v) is 6.79. The highest BCUT2D eigenvalue weighted by Gasteiger charge is 2.43. The Balaban J connectivity index is 1.60.